The Morgan fingerprint density at radius 1 is 1.44 bits per heavy atom. The summed E-state index contributed by atoms with van der Waals surface area (Å²) in [4.78, 5) is 0. The van der Waals surface area contributed by atoms with Crippen molar-refractivity contribution in [3.8, 4) is 0 Å². The van der Waals surface area contributed by atoms with Gasteiger partial charge in [-0.3, -0.25) is 4.68 Å². The zero-order valence-electron chi connectivity index (χ0n) is 10.1. The summed E-state index contributed by atoms with van der Waals surface area (Å²) >= 11 is 5.64. The Morgan fingerprint density at radius 2 is 2.22 bits per heavy atom. The van der Waals surface area contributed by atoms with E-state index >= 15 is 0 Å². The quantitative estimate of drug-likeness (QED) is 0.925. The van der Waals surface area contributed by atoms with Gasteiger partial charge in [0.15, 0.2) is 0 Å². The van der Waals surface area contributed by atoms with Gasteiger partial charge in [-0.15, -0.1) is 0 Å². The molecule has 1 aromatic heterocycles. The van der Waals surface area contributed by atoms with Crippen molar-refractivity contribution in [2.75, 3.05) is 0 Å². The number of halogens is 2. The summed E-state index contributed by atoms with van der Waals surface area (Å²) in [6.45, 7) is 2.93. The topological polar surface area (TPSA) is 43.8 Å². The molecule has 0 saturated heterocycles. The molecule has 0 fully saturated rings. The Morgan fingerprint density at radius 3 is 2.89 bits per heavy atom. The Kier molecular flexibility index (Phi) is 3.99. The number of rotatable bonds is 4. The summed E-state index contributed by atoms with van der Waals surface area (Å²) in [7, 11) is 0. The molecule has 1 atom stereocenters. The number of benzene rings is 1. The molecule has 0 radical (unpaired) electrons. The number of aromatic nitrogens is 2. The number of aryl methyl sites for hydroxylation is 1. The van der Waals surface area contributed by atoms with Crippen LogP contribution in [0.4, 0.5) is 4.39 Å². The first-order valence-corrected chi connectivity index (χ1v) is 6.22. The van der Waals surface area contributed by atoms with Crippen LogP contribution in [0, 0.1) is 5.82 Å². The van der Waals surface area contributed by atoms with Crippen LogP contribution >= 0.6 is 11.6 Å². The first kappa shape index (κ1) is 13.1. The highest BCUT2D eigenvalue weighted by molar-refractivity contribution is 6.30. The molecule has 0 bridgehead atoms. The first-order valence-electron chi connectivity index (χ1n) is 5.84. The molecule has 1 aromatic carbocycles. The molecular formula is C13H15ClFN3. The molecule has 18 heavy (non-hydrogen) atoms. The summed E-state index contributed by atoms with van der Waals surface area (Å²) in [6.07, 6.45) is 4.61. The largest absolute Gasteiger partial charge is 0.320 e. The molecule has 96 valence electrons. The molecule has 2 aromatic rings. The molecule has 0 amide bonds. The lowest BCUT2D eigenvalue weighted by molar-refractivity contribution is 0.601. The van der Waals surface area contributed by atoms with Crippen LogP contribution in [-0.4, -0.2) is 9.78 Å². The first-order chi connectivity index (χ1) is 8.61. The summed E-state index contributed by atoms with van der Waals surface area (Å²) in [5.74, 6) is -0.453. The fourth-order valence-electron chi connectivity index (χ4n) is 1.79. The van der Waals surface area contributed by atoms with Gasteiger partial charge in [0.2, 0.25) is 0 Å². The normalized spacial score (nSPS) is 12.7. The molecule has 0 aliphatic heterocycles. The van der Waals surface area contributed by atoms with Crippen LogP contribution in [-0.2, 0) is 6.54 Å². The minimum absolute atomic E-state index is 0.104. The second kappa shape index (κ2) is 5.50. The van der Waals surface area contributed by atoms with Crippen molar-refractivity contribution in [1.82, 2.24) is 9.78 Å². The van der Waals surface area contributed by atoms with Gasteiger partial charge in [-0.05, 0) is 24.1 Å². The molecule has 3 nitrogen and oxygen atoms in total. The van der Waals surface area contributed by atoms with E-state index in [9.17, 15) is 4.39 Å². The lowest BCUT2D eigenvalue weighted by Gasteiger charge is -2.10. The van der Waals surface area contributed by atoms with E-state index in [1.54, 1.807) is 12.3 Å². The van der Waals surface area contributed by atoms with Crippen LogP contribution < -0.4 is 5.73 Å². The summed E-state index contributed by atoms with van der Waals surface area (Å²) in [5, 5.41) is 4.31. The van der Waals surface area contributed by atoms with E-state index in [1.165, 1.54) is 12.1 Å². The van der Waals surface area contributed by atoms with Gasteiger partial charge in [-0.25, -0.2) is 4.39 Å². The third-order valence-electron chi connectivity index (χ3n) is 2.77. The lowest BCUT2D eigenvalue weighted by atomic mass is 10.0. The Labute approximate surface area is 110 Å². The molecular weight excluding hydrogens is 253 g/mol. The van der Waals surface area contributed by atoms with Gasteiger partial charge in [0.05, 0.1) is 17.3 Å². The van der Waals surface area contributed by atoms with Crippen molar-refractivity contribution in [3.05, 3.63) is 52.6 Å². The highest BCUT2D eigenvalue weighted by Crippen LogP contribution is 2.23. The number of nitrogens with two attached hydrogens (primary N) is 1. The van der Waals surface area contributed by atoms with Crippen molar-refractivity contribution >= 4 is 11.6 Å². The van der Waals surface area contributed by atoms with Crippen LogP contribution in [0.15, 0.2) is 30.6 Å². The maximum atomic E-state index is 13.4. The van der Waals surface area contributed by atoms with E-state index in [0.29, 0.717) is 5.56 Å². The van der Waals surface area contributed by atoms with E-state index in [4.69, 9.17) is 17.3 Å². The monoisotopic (exact) mass is 267 g/mol. The maximum absolute atomic E-state index is 13.4. The van der Waals surface area contributed by atoms with E-state index in [1.807, 2.05) is 10.9 Å². The van der Waals surface area contributed by atoms with E-state index in [0.717, 1.165) is 18.5 Å². The Hall–Kier alpha value is -1.39. The zero-order valence-corrected chi connectivity index (χ0v) is 10.9. The number of hydrogen-bond donors (Lipinski definition) is 1. The molecule has 5 heteroatoms. The number of hydrogen-bond acceptors (Lipinski definition) is 2. The zero-order chi connectivity index (χ0) is 13.1. The van der Waals surface area contributed by atoms with Gasteiger partial charge in [0.25, 0.3) is 0 Å². The summed E-state index contributed by atoms with van der Waals surface area (Å²) < 4.78 is 15.2. The maximum Gasteiger partial charge on any atom is 0.142 e. The van der Waals surface area contributed by atoms with Gasteiger partial charge in [0.1, 0.15) is 5.82 Å². The Bertz CT molecular complexity index is 539. The Balaban J connectivity index is 2.23. The SMILES string of the molecule is CCCn1cc(C(N)c2ccc(Cl)c(F)c2)cn1. The van der Waals surface area contributed by atoms with Crippen molar-refractivity contribution in [3.63, 3.8) is 0 Å². The van der Waals surface area contributed by atoms with E-state index < -0.39 is 5.82 Å². The minimum Gasteiger partial charge on any atom is -0.320 e. The molecule has 0 aliphatic rings. The van der Waals surface area contributed by atoms with Crippen LogP contribution in [0.25, 0.3) is 0 Å². The standard InChI is InChI=1S/C13H15ClFN3/c1-2-5-18-8-10(7-17-18)13(16)9-3-4-11(14)12(15)6-9/h3-4,6-8,13H,2,5,16H2,1H3. The van der Waals surface area contributed by atoms with Gasteiger partial charge in [-0.2, -0.15) is 5.10 Å². The molecule has 2 rings (SSSR count). The molecule has 0 aliphatic carbocycles. The van der Waals surface area contributed by atoms with Crippen LogP contribution in [0.1, 0.15) is 30.5 Å². The fourth-order valence-corrected chi connectivity index (χ4v) is 1.91. The predicted molar refractivity (Wildman–Crippen MR) is 70.0 cm³/mol. The fraction of sp³-hybridized carbons (Fsp3) is 0.308. The molecule has 2 N–H and O–H groups in total. The smallest absolute Gasteiger partial charge is 0.142 e. The lowest BCUT2D eigenvalue weighted by Crippen LogP contribution is -2.11. The second-order valence-corrected chi connectivity index (χ2v) is 4.60. The number of nitrogens with zero attached hydrogens (tertiary/aromatic N) is 2. The highest BCUT2D eigenvalue weighted by Gasteiger charge is 2.13. The predicted octanol–water partition coefficient (Wildman–Crippen LogP) is 3.13. The van der Waals surface area contributed by atoms with Crippen molar-refractivity contribution in [2.24, 2.45) is 5.73 Å². The molecule has 0 spiro atoms. The van der Waals surface area contributed by atoms with E-state index in [2.05, 4.69) is 12.0 Å². The van der Waals surface area contributed by atoms with Gasteiger partial charge in [-0.1, -0.05) is 24.6 Å². The minimum atomic E-state index is -0.453. The highest BCUT2D eigenvalue weighted by atomic mass is 35.5. The van der Waals surface area contributed by atoms with Gasteiger partial charge < -0.3 is 5.73 Å². The van der Waals surface area contributed by atoms with Crippen molar-refractivity contribution in [1.29, 1.82) is 0 Å². The van der Waals surface area contributed by atoms with Crippen molar-refractivity contribution in [2.45, 2.75) is 25.9 Å². The molecule has 0 saturated carbocycles. The third kappa shape index (κ3) is 2.71. The van der Waals surface area contributed by atoms with Gasteiger partial charge in [0, 0.05) is 18.3 Å². The average Bonchev–Trinajstić information content (AvgIpc) is 2.81. The summed E-state index contributed by atoms with van der Waals surface area (Å²) in [6, 6.07) is 4.22. The summed E-state index contributed by atoms with van der Waals surface area (Å²) in [5.41, 5.74) is 7.64. The molecule has 1 unspecified atom stereocenters. The van der Waals surface area contributed by atoms with Crippen LogP contribution in [0.5, 0.6) is 0 Å². The van der Waals surface area contributed by atoms with Crippen molar-refractivity contribution < 1.29 is 4.39 Å². The van der Waals surface area contributed by atoms with Crippen LogP contribution in [0.2, 0.25) is 5.02 Å². The third-order valence-corrected chi connectivity index (χ3v) is 3.07. The molecule has 1 heterocycles. The average molecular weight is 268 g/mol. The van der Waals surface area contributed by atoms with Crippen LogP contribution in [0.3, 0.4) is 0 Å². The van der Waals surface area contributed by atoms with Gasteiger partial charge >= 0.3 is 0 Å². The van der Waals surface area contributed by atoms with E-state index in [-0.39, 0.29) is 11.1 Å². The second-order valence-electron chi connectivity index (χ2n) is 4.19.